The molecule has 0 bridgehead atoms. The van der Waals surface area contributed by atoms with Crippen molar-refractivity contribution in [2.24, 2.45) is 0 Å². The van der Waals surface area contributed by atoms with E-state index in [1.54, 1.807) is 18.2 Å². The molecule has 12 heteroatoms. The smallest absolute Gasteiger partial charge is 0.428 e. The Morgan fingerprint density at radius 2 is 0.889 bits per heavy atom. The highest BCUT2D eigenvalue weighted by Gasteiger charge is 2.47. The van der Waals surface area contributed by atoms with Crippen LogP contribution in [0, 0.1) is 29.1 Å². The molecule has 3 N–H and O–H groups in total. The molecule has 0 aliphatic heterocycles. The first-order valence-corrected chi connectivity index (χ1v) is 13.0. The van der Waals surface area contributed by atoms with Gasteiger partial charge in [-0.05, 0) is 60.7 Å². The lowest BCUT2D eigenvalue weighted by Gasteiger charge is -2.34. The summed E-state index contributed by atoms with van der Waals surface area (Å²) in [5.74, 6) is -12.8. The third-order valence-corrected chi connectivity index (χ3v) is 10.5. The molecule has 0 spiro atoms. The monoisotopic (exact) mass is 543 g/mol. The summed E-state index contributed by atoms with van der Waals surface area (Å²) >= 11 is 0. The minimum Gasteiger partial charge on any atom is -0.508 e. The van der Waals surface area contributed by atoms with Gasteiger partial charge in [0, 0.05) is 0 Å². The summed E-state index contributed by atoms with van der Waals surface area (Å²) in [7, 11) is -8.96. The van der Waals surface area contributed by atoms with Gasteiger partial charge in [0.2, 0.25) is 10.7 Å². The SMILES string of the molecule is O=S(=O)([OH+]S(c1ccccc1)(c1ccc(O)cc1)c1ccc(O)cc1)c1c(F)c(F)c(F)c(F)c1F. The molecule has 0 atom stereocenters. The van der Waals surface area contributed by atoms with Crippen molar-refractivity contribution >= 4 is 20.4 Å². The van der Waals surface area contributed by atoms with Gasteiger partial charge in [0.05, 0.1) is 25.0 Å². The van der Waals surface area contributed by atoms with E-state index < -0.39 is 54.4 Å². The predicted molar refractivity (Wildman–Crippen MR) is 121 cm³/mol. The molecule has 5 nitrogen and oxygen atoms in total. The van der Waals surface area contributed by atoms with Crippen LogP contribution in [0.2, 0.25) is 0 Å². The Labute approximate surface area is 203 Å². The maximum absolute atomic E-state index is 14.6. The maximum Gasteiger partial charge on any atom is 0.428 e. The second-order valence-electron chi connectivity index (χ2n) is 7.33. The van der Waals surface area contributed by atoms with Gasteiger partial charge in [0.25, 0.3) is 0 Å². The number of phenols is 2. The van der Waals surface area contributed by atoms with Crippen LogP contribution in [0.3, 0.4) is 0 Å². The standard InChI is InChI=1S/C24H15F5O5S2/c25-19-20(26)22(28)24(23(29)21(19)27)36(32,33)34-35(16-4-2-1-3-5-16,17-10-6-14(30)7-11-17)18-12-8-15(31)9-13-18/h1-13,30-31H/p+1. The predicted octanol–water partition coefficient (Wildman–Crippen LogP) is 6.47. The summed E-state index contributed by atoms with van der Waals surface area (Å²) in [5.41, 5.74) is 0. The van der Waals surface area contributed by atoms with Crippen LogP contribution < -0.4 is 0 Å². The van der Waals surface area contributed by atoms with Crippen molar-refractivity contribution in [2.75, 3.05) is 0 Å². The number of benzene rings is 4. The van der Waals surface area contributed by atoms with Crippen LogP contribution in [0.15, 0.2) is 98.4 Å². The van der Waals surface area contributed by atoms with Crippen LogP contribution in [0.25, 0.3) is 0 Å². The second kappa shape index (κ2) is 9.45. The lowest BCUT2D eigenvalue weighted by molar-refractivity contribution is 0.338. The number of halogens is 5. The van der Waals surface area contributed by atoms with Crippen molar-refractivity contribution in [3.63, 3.8) is 0 Å². The summed E-state index contributed by atoms with van der Waals surface area (Å²) in [5, 5.41) is 19.6. The Bertz CT molecular complexity index is 1450. The molecule has 0 fully saturated rings. The quantitative estimate of drug-likeness (QED) is 0.0959. The van der Waals surface area contributed by atoms with Gasteiger partial charge in [-0.2, -0.15) is 0 Å². The Kier molecular flexibility index (Phi) is 6.69. The number of phenolic OH excluding ortho intramolecular Hbond substituents is 2. The zero-order chi connectivity index (χ0) is 26.3. The summed E-state index contributed by atoms with van der Waals surface area (Å²) in [6.07, 6.45) is 0. The molecule has 36 heavy (non-hydrogen) atoms. The van der Waals surface area contributed by atoms with Gasteiger partial charge in [0.1, 0.15) is 11.5 Å². The van der Waals surface area contributed by atoms with Crippen LogP contribution in [0.4, 0.5) is 22.0 Å². The van der Waals surface area contributed by atoms with E-state index >= 15 is 0 Å². The summed E-state index contributed by atoms with van der Waals surface area (Å²) in [6, 6.07) is 17.8. The third-order valence-electron chi connectivity index (χ3n) is 5.08. The molecule has 0 aliphatic carbocycles. The molecule has 0 saturated heterocycles. The second-order valence-corrected chi connectivity index (χ2v) is 11.9. The van der Waals surface area contributed by atoms with E-state index in [1.807, 2.05) is 0 Å². The Morgan fingerprint density at radius 1 is 0.528 bits per heavy atom. The van der Waals surface area contributed by atoms with Gasteiger partial charge in [-0.15, -0.1) is 8.42 Å². The van der Waals surface area contributed by atoms with Gasteiger partial charge in [-0.3, -0.25) is 3.63 Å². The Morgan fingerprint density at radius 3 is 1.31 bits per heavy atom. The maximum atomic E-state index is 14.6. The minimum absolute atomic E-state index is 0.143. The largest absolute Gasteiger partial charge is 0.508 e. The van der Waals surface area contributed by atoms with Crippen LogP contribution in [-0.4, -0.2) is 22.3 Å². The van der Waals surface area contributed by atoms with E-state index in [0.29, 0.717) is 0 Å². The molecule has 0 aliphatic rings. The van der Waals surface area contributed by atoms with E-state index in [2.05, 4.69) is 3.63 Å². The molecule has 0 saturated carbocycles. The molecule has 4 aromatic carbocycles. The molecular formula is C24H16F5O5S2+. The third kappa shape index (κ3) is 4.27. The summed E-state index contributed by atoms with van der Waals surface area (Å²) < 4.78 is 101. The molecule has 0 aromatic heterocycles. The fraction of sp³-hybridized carbons (Fsp3) is 0. The fourth-order valence-corrected chi connectivity index (χ4v) is 9.00. The van der Waals surface area contributed by atoms with Gasteiger partial charge >= 0.3 is 10.1 Å². The highest BCUT2D eigenvalue weighted by atomic mass is 32.3. The van der Waals surface area contributed by atoms with Gasteiger partial charge < -0.3 is 10.2 Å². The lowest BCUT2D eigenvalue weighted by atomic mass is 10.3. The van der Waals surface area contributed by atoms with Crippen molar-refractivity contribution in [2.45, 2.75) is 19.6 Å². The molecule has 4 aromatic rings. The molecule has 0 unspecified atom stereocenters. The van der Waals surface area contributed by atoms with Crippen molar-refractivity contribution in [3.05, 3.63) is 108 Å². The Hall–Kier alpha value is -3.61. The van der Waals surface area contributed by atoms with E-state index in [4.69, 9.17) is 0 Å². The van der Waals surface area contributed by atoms with Crippen molar-refractivity contribution in [3.8, 4) is 11.5 Å². The number of rotatable bonds is 6. The molecule has 188 valence electrons. The molecule has 0 radical (unpaired) electrons. The molecule has 4 rings (SSSR count). The number of aromatic hydroxyl groups is 2. The van der Waals surface area contributed by atoms with E-state index in [1.165, 1.54) is 60.7 Å². The highest BCUT2D eigenvalue weighted by molar-refractivity contribution is 8.32. The van der Waals surface area contributed by atoms with Crippen LogP contribution in [-0.2, 0) is 10.1 Å². The van der Waals surface area contributed by atoms with Crippen molar-refractivity contribution in [1.82, 2.24) is 0 Å². The highest BCUT2D eigenvalue weighted by Crippen LogP contribution is 2.68. The zero-order valence-electron chi connectivity index (χ0n) is 17.9. The van der Waals surface area contributed by atoms with Crippen molar-refractivity contribution < 1.29 is 44.2 Å². The van der Waals surface area contributed by atoms with E-state index in [9.17, 15) is 40.6 Å². The average molecular weight is 544 g/mol. The van der Waals surface area contributed by atoms with E-state index in [0.717, 1.165) is 0 Å². The normalized spacial score (nSPS) is 12.5. The summed E-state index contributed by atoms with van der Waals surface area (Å²) in [6.45, 7) is 0. The first-order valence-electron chi connectivity index (χ1n) is 9.96. The van der Waals surface area contributed by atoms with Gasteiger partial charge in [-0.25, -0.2) is 22.0 Å². The zero-order valence-corrected chi connectivity index (χ0v) is 19.5. The number of hydrogen-bond acceptors (Lipinski definition) is 4. The van der Waals surface area contributed by atoms with Crippen LogP contribution in [0.5, 0.6) is 11.5 Å². The molecule has 0 amide bonds. The topological polar surface area (TPSA) is 87.4 Å². The Balaban J connectivity index is 2.08. The van der Waals surface area contributed by atoms with Crippen LogP contribution >= 0.6 is 10.3 Å². The first-order chi connectivity index (χ1) is 17.0. The first kappa shape index (κ1) is 25.5. The van der Waals surface area contributed by atoms with E-state index in [-0.39, 0.29) is 26.2 Å². The van der Waals surface area contributed by atoms with Gasteiger partial charge in [0.15, 0.2) is 23.3 Å². The fourth-order valence-electron chi connectivity index (χ4n) is 3.44. The minimum atomic E-state index is -5.57. The van der Waals surface area contributed by atoms with Crippen molar-refractivity contribution in [1.29, 1.82) is 0 Å². The van der Waals surface area contributed by atoms with Crippen LogP contribution in [0.1, 0.15) is 0 Å². The molecule has 0 heterocycles. The number of hydrogen-bond donors (Lipinski definition) is 2. The van der Waals surface area contributed by atoms with Gasteiger partial charge in [-0.1, -0.05) is 18.2 Å². The molecular weight excluding hydrogens is 527 g/mol. The lowest BCUT2D eigenvalue weighted by Crippen LogP contribution is -2.22. The average Bonchev–Trinajstić information content (AvgIpc) is 2.86. The summed E-state index contributed by atoms with van der Waals surface area (Å²) in [4.78, 5) is -1.59.